The van der Waals surface area contributed by atoms with E-state index in [-0.39, 0.29) is 28.1 Å². The average molecular weight is 379 g/mol. The molecule has 0 spiro atoms. The van der Waals surface area contributed by atoms with Crippen molar-refractivity contribution >= 4 is 28.5 Å². The minimum absolute atomic E-state index is 0.108. The molecule has 0 aliphatic carbocycles. The Hall–Kier alpha value is -3.41. The van der Waals surface area contributed by atoms with Crippen LogP contribution < -0.4 is 10.7 Å². The van der Waals surface area contributed by atoms with Gasteiger partial charge in [0.1, 0.15) is 5.58 Å². The third-order valence-corrected chi connectivity index (χ3v) is 4.36. The first-order valence-corrected chi connectivity index (χ1v) is 9.07. The van der Waals surface area contributed by atoms with Gasteiger partial charge < -0.3 is 14.5 Å². The van der Waals surface area contributed by atoms with E-state index in [1.54, 1.807) is 18.2 Å². The lowest BCUT2D eigenvalue weighted by Crippen LogP contribution is -2.12. The predicted molar refractivity (Wildman–Crippen MR) is 106 cm³/mol. The summed E-state index contributed by atoms with van der Waals surface area (Å²) in [7, 11) is 1.21. The number of fused-ring (bicyclic) bond motifs is 1. The number of esters is 1. The number of ether oxygens (including phenoxy) is 1. The number of carbonyl (C=O) groups excluding carboxylic acids is 2. The molecular formula is C22H21NO5. The minimum Gasteiger partial charge on any atom is -0.463 e. The quantitative estimate of drug-likeness (QED) is 0.497. The summed E-state index contributed by atoms with van der Waals surface area (Å²) in [6.45, 7) is 0. The summed E-state index contributed by atoms with van der Waals surface area (Å²) in [5, 5.41) is 3.08. The number of aryl methyl sites for hydroxylation is 1. The van der Waals surface area contributed by atoms with Crippen molar-refractivity contribution in [2.24, 2.45) is 0 Å². The van der Waals surface area contributed by atoms with Gasteiger partial charge in [-0.05, 0) is 43.0 Å². The van der Waals surface area contributed by atoms with E-state index in [1.165, 1.54) is 12.7 Å². The Morgan fingerprint density at radius 3 is 2.57 bits per heavy atom. The molecule has 0 aliphatic rings. The van der Waals surface area contributed by atoms with Crippen LogP contribution in [0.4, 0.5) is 5.69 Å². The molecule has 0 aliphatic heterocycles. The molecule has 2 aromatic carbocycles. The van der Waals surface area contributed by atoms with Crippen molar-refractivity contribution in [2.75, 3.05) is 12.4 Å². The van der Waals surface area contributed by atoms with Crippen molar-refractivity contribution in [2.45, 2.75) is 25.7 Å². The zero-order valence-corrected chi connectivity index (χ0v) is 15.6. The van der Waals surface area contributed by atoms with Gasteiger partial charge in [-0.1, -0.05) is 30.3 Å². The highest BCUT2D eigenvalue weighted by Crippen LogP contribution is 2.18. The molecule has 1 amide bonds. The zero-order chi connectivity index (χ0) is 19.9. The standard InChI is InChI=1S/C22H21NO5/c1-27-22(26)20-14-18(24)17-13-16(11-12-19(17)28-20)23-21(25)10-6-5-9-15-7-3-2-4-8-15/h2-4,7-8,11-14H,5-6,9-10H2,1H3,(H,23,25). The fourth-order valence-corrected chi connectivity index (χ4v) is 2.92. The van der Waals surface area contributed by atoms with Crippen LogP contribution in [0.1, 0.15) is 35.4 Å². The van der Waals surface area contributed by atoms with Gasteiger partial charge in [0.25, 0.3) is 0 Å². The molecule has 0 saturated heterocycles. The molecule has 144 valence electrons. The normalized spacial score (nSPS) is 10.6. The maximum absolute atomic E-state index is 12.2. The van der Waals surface area contributed by atoms with E-state index in [2.05, 4.69) is 22.2 Å². The Bertz CT molecular complexity index is 1040. The van der Waals surface area contributed by atoms with Crippen LogP contribution in [0.3, 0.4) is 0 Å². The van der Waals surface area contributed by atoms with Gasteiger partial charge in [0.05, 0.1) is 12.5 Å². The highest BCUT2D eigenvalue weighted by Gasteiger charge is 2.13. The van der Waals surface area contributed by atoms with Gasteiger partial charge in [-0.2, -0.15) is 0 Å². The molecule has 1 N–H and O–H groups in total. The molecule has 1 aromatic heterocycles. The van der Waals surface area contributed by atoms with Gasteiger partial charge in [-0.25, -0.2) is 4.79 Å². The summed E-state index contributed by atoms with van der Waals surface area (Å²) >= 11 is 0. The molecule has 0 atom stereocenters. The van der Waals surface area contributed by atoms with Crippen LogP contribution in [0, 0.1) is 0 Å². The number of carbonyl (C=O) groups is 2. The summed E-state index contributed by atoms with van der Waals surface area (Å²) in [6, 6.07) is 16.0. The Morgan fingerprint density at radius 1 is 1.04 bits per heavy atom. The molecule has 6 heteroatoms. The van der Waals surface area contributed by atoms with Crippen LogP contribution in [0.2, 0.25) is 0 Å². The van der Waals surface area contributed by atoms with Crippen molar-refractivity contribution in [1.29, 1.82) is 0 Å². The summed E-state index contributed by atoms with van der Waals surface area (Å²) < 4.78 is 9.95. The molecule has 0 saturated carbocycles. The van der Waals surface area contributed by atoms with Gasteiger partial charge in [0.15, 0.2) is 5.43 Å². The number of hydrogen-bond donors (Lipinski definition) is 1. The number of benzene rings is 2. The molecule has 0 bridgehead atoms. The van der Waals surface area contributed by atoms with Crippen LogP contribution >= 0.6 is 0 Å². The van der Waals surface area contributed by atoms with Gasteiger partial charge in [-0.15, -0.1) is 0 Å². The number of amides is 1. The van der Waals surface area contributed by atoms with E-state index in [9.17, 15) is 14.4 Å². The number of methoxy groups -OCH3 is 1. The Kier molecular flexibility index (Phi) is 6.22. The molecule has 28 heavy (non-hydrogen) atoms. The zero-order valence-electron chi connectivity index (χ0n) is 15.6. The lowest BCUT2D eigenvalue weighted by Gasteiger charge is -2.07. The lowest BCUT2D eigenvalue weighted by molar-refractivity contribution is -0.116. The smallest absolute Gasteiger partial charge is 0.374 e. The monoisotopic (exact) mass is 379 g/mol. The number of anilines is 1. The Balaban J connectivity index is 1.59. The largest absolute Gasteiger partial charge is 0.463 e. The molecule has 0 unspecified atom stereocenters. The Morgan fingerprint density at radius 2 is 1.82 bits per heavy atom. The van der Waals surface area contributed by atoms with Gasteiger partial charge in [-0.3, -0.25) is 9.59 Å². The summed E-state index contributed by atoms with van der Waals surface area (Å²) in [5.74, 6) is -0.981. The van der Waals surface area contributed by atoms with E-state index in [0.29, 0.717) is 12.1 Å². The first-order valence-electron chi connectivity index (χ1n) is 9.07. The maximum Gasteiger partial charge on any atom is 0.374 e. The van der Waals surface area contributed by atoms with E-state index in [0.717, 1.165) is 25.3 Å². The molecule has 0 fully saturated rings. The Labute approximate surface area is 162 Å². The lowest BCUT2D eigenvalue weighted by atomic mass is 10.1. The second-order valence-corrected chi connectivity index (χ2v) is 6.42. The van der Waals surface area contributed by atoms with Crippen LogP contribution in [-0.2, 0) is 16.0 Å². The van der Waals surface area contributed by atoms with E-state index in [1.807, 2.05) is 18.2 Å². The predicted octanol–water partition coefficient (Wildman–Crippen LogP) is 3.93. The molecule has 3 aromatic rings. The number of unbranched alkanes of at least 4 members (excludes halogenated alkanes) is 1. The van der Waals surface area contributed by atoms with Crippen molar-refractivity contribution in [3.05, 3.63) is 76.1 Å². The topological polar surface area (TPSA) is 85.6 Å². The number of nitrogens with one attached hydrogen (secondary N) is 1. The second-order valence-electron chi connectivity index (χ2n) is 6.42. The molecule has 1 heterocycles. The van der Waals surface area contributed by atoms with Crippen LogP contribution in [0.5, 0.6) is 0 Å². The van der Waals surface area contributed by atoms with Gasteiger partial charge in [0, 0.05) is 18.2 Å². The van der Waals surface area contributed by atoms with E-state index in [4.69, 9.17) is 4.42 Å². The third kappa shape index (κ3) is 4.85. The van der Waals surface area contributed by atoms with Crippen LogP contribution in [0.15, 0.2) is 63.8 Å². The molecule has 3 rings (SSSR count). The van der Waals surface area contributed by atoms with Crippen molar-refractivity contribution in [3.8, 4) is 0 Å². The van der Waals surface area contributed by atoms with Gasteiger partial charge in [0.2, 0.25) is 11.7 Å². The summed E-state index contributed by atoms with van der Waals surface area (Å²) in [4.78, 5) is 35.9. The highest BCUT2D eigenvalue weighted by atomic mass is 16.5. The van der Waals surface area contributed by atoms with E-state index >= 15 is 0 Å². The molecule has 6 nitrogen and oxygen atoms in total. The fourth-order valence-electron chi connectivity index (χ4n) is 2.92. The van der Waals surface area contributed by atoms with Gasteiger partial charge >= 0.3 is 5.97 Å². The van der Waals surface area contributed by atoms with Crippen LogP contribution in [-0.4, -0.2) is 19.0 Å². The third-order valence-electron chi connectivity index (χ3n) is 4.36. The molecular weight excluding hydrogens is 358 g/mol. The average Bonchev–Trinajstić information content (AvgIpc) is 2.71. The maximum atomic E-state index is 12.2. The van der Waals surface area contributed by atoms with Crippen molar-refractivity contribution < 1.29 is 18.7 Å². The number of hydrogen-bond acceptors (Lipinski definition) is 5. The van der Waals surface area contributed by atoms with Crippen molar-refractivity contribution in [1.82, 2.24) is 0 Å². The number of rotatable bonds is 7. The second kappa shape index (κ2) is 8.99. The first kappa shape index (κ1) is 19.4. The molecule has 0 radical (unpaired) electrons. The fraction of sp³-hybridized carbons (Fsp3) is 0.227. The SMILES string of the molecule is COC(=O)c1cc(=O)c2cc(NC(=O)CCCCc3ccccc3)ccc2o1. The summed E-state index contributed by atoms with van der Waals surface area (Å²) in [6.07, 6.45) is 3.04. The van der Waals surface area contributed by atoms with Crippen molar-refractivity contribution in [3.63, 3.8) is 0 Å². The van der Waals surface area contributed by atoms with E-state index < -0.39 is 5.97 Å². The minimum atomic E-state index is -0.716. The van der Waals surface area contributed by atoms with Crippen LogP contribution in [0.25, 0.3) is 11.0 Å². The first-order chi connectivity index (χ1) is 13.6. The summed E-state index contributed by atoms with van der Waals surface area (Å²) in [5.41, 5.74) is 1.66. The highest BCUT2D eigenvalue weighted by molar-refractivity contribution is 5.94.